The van der Waals surface area contributed by atoms with E-state index in [0.717, 1.165) is 23.7 Å². The van der Waals surface area contributed by atoms with Crippen LogP contribution in [0.1, 0.15) is 92.9 Å². The molecule has 0 N–H and O–H groups in total. The lowest BCUT2D eigenvalue weighted by atomic mass is 9.79. The minimum atomic E-state index is 0.903. The van der Waals surface area contributed by atoms with E-state index >= 15 is 0 Å². The molecule has 0 heterocycles. The quantitative estimate of drug-likeness (QED) is 0.360. The molecule has 0 aliphatic carbocycles. The maximum Gasteiger partial charge on any atom is -0.0414 e. The van der Waals surface area contributed by atoms with Gasteiger partial charge in [0.2, 0.25) is 0 Å². The summed E-state index contributed by atoms with van der Waals surface area (Å²) in [6.45, 7) is 14.5. The second-order valence-electron chi connectivity index (χ2n) is 6.78. The van der Waals surface area contributed by atoms with E-state index in [1.165, 1.54) is 51.4 Å². The average Bonchev–Trinajstić information content (AvgIpc) is 2.35. The summed E-state index contributed by atoms with van der Waals surface area (Å²) in [6.07, 6.45) is 11.2. The summed E-state index contributed by atoms with van der Waals surface area (Å²) in [7, 11) is 0. The predicted octanol–water partition coefficient (Wildman–Crippen LogP) is 6.69. The van der Waals surface area contributed by atoms with Crippen LogP contribution in [0.25, 0.3) is 0 Å². The lowest BCUT2D eigenvalue weighted by molar-refractivity contribution is 0.241. The smallest absolute Gasteiger partial charge is 0.0414 e. The van der Waals surface area contributed by atoms with Gasteiger partial charge in [-0.2, -0.15) is 0 Å². The zero-order valence-corrected chi connectivity index (χ0v) is 14.0. The first-order chi connectivity index (χ1) is 8.52. The van der Waals surface area contributed by atoms with Crippen LogP contribution in [0, 0.1) is 23.7 Å². The minimum Gasteiger partial charge on any atom is -0.0654 e. The summed E-state index contributed by atoms with van der Waals surface area (Å²) < 4.78 is 0. The van der Waals surface area contributed by atoms with Crippen molar-refractivity contribution in [1.29, 1.82) is 0 Å². The third-order valence-electron chi connectivity index (χ3n) is 4.96. The Labute approximate surface area is 117 Å². The number of unbranched alkanes of at least 4 members (excludes halogenated alkanes) is 3. The van der Waals surface area contributed by atoms with Gasteiger partial charge in [0.05, 0.1) is 0 Å². The van der Waals surface area contributed by atoms with Crippen LogP contribution in [-0.4, -0.2) is 0 Å². The van der Waals surface area contributed by atoms with Crippen LogP contribution >= 0.6 is 0 Å². The van der Waals surface area contributed by atoms with Crippen molar-refractivity contribution >= 4 is 0 Å². The fourth-order valence-electron chi connectivity index (χ4n) is 2.86. The van der Waals surface area contributed by atoms with Crippen molar-refractivity contribution in [1.82, 2.24) is 0 Å². The Morgan fingerprint density at radius 3 is 1.44 bits per heavy atom. The molecule has 0 aromatic heterocycles. The van der Waals surface area contributed by atoms with E-state index in [1.807, 2.05) is 0 Å². The van der Waals surface area contributed by atoms with E-state index in [4.69, 9.17) is 0 Å². The van der Waals surface area contributed by atoms with Gasteiger partial charge in [-0.3, -0.25) is 0 Å². The summed E-state index contributed by atoms with van der Waals surface area (Å²) in [5.41, 5.74) is 0. The third kappa shape index (κ3) is 8.16. The minimum absolute atomic E-state index is 0.903. The first-order valence-corrected chi connectivity index (χ1v) is 8.52. The lowest BCUT2D eigenvalue weighted by Crippen LogP contribution is -2.16. The van der Waals surface area contributed by atoms with Crippen LogP contribution in [0.3, 0.4) is 0 Å². The fourth-order valence-corrected chi connectivity index (χ4v) is 2.86. The first kappa shape index (κ1) is 18.0. The van der Waals surface area contributed by atoms with Crippen LogP contribution in [0.5, 0.6) is 0 Å². The standard InChI is InChI=1S/C18H38/c1-7-9-11-13-16(4)18(6)14-17(5)15(3)12-10-8-2/h15-18H,7-14H2,1-6H3. The maximum atomic E-state index is 2.47. The molecule has 0 amide bonds. The Bertz CT molecular complexity index is 173. The Kier molecular flexibility index (Phi) is 10.9. The van der Waals surface area contributed by atoms with Crippen molar-refractivity contribution < 1.29 is 0 Å². The molecular weight excluding hydrogens is 216 g/mol. The molecule has 0 aliphatic rings. The molecule has 4 unspecified atom stereocenters. The van der Waals surface area contributed by atoms with Gasteiger partial charge in [-0.25, -0.2) is 0 Å². The summed E-state index contributed by atoms with van der Waals surface area (Å²) in [5, 5.41) is 0. The third-order valence-corrected chi connectivity index (χ3v) is 4.96. The van der Waals surface area contributed by atoms with Gasteiger partial charge in [0, 0.05) is 0 Å². The highest BCUT2D eigenvalue weighted by Gasteiger charge is 2.18. The molecule has 0 spiro atoms. The number of rotatable bonds is 11. The summed E-state index contributed by atoms with van der Waals surface area (Å²) in [5.74, 6) is 3.63. The molecule has 0 nitrogen and oxygen atoms in total. The molecule has 0 rings (SSSR count). The summed E-state index contributed by atoms with van der Waals surface area (Å²) in [6, 6.07) is 0. The molecule has 0 fully saturated rings. The number of hydrogen-bond donors (Lipinski definition) is 0. The van der Waals surface area contributed by atoms with Gasteiger partial charge in [-0.1, -0.05) is 86.5 Å². The van der Waals surface area contributed by atoms with Crippen molar-refractivity contribution in [2.75, 3.05) is 0 Å². The largest absolute Gasteiger partial charge is 0.0654 e. The van der Waals surface area contributed by atoms with Crippen molar-refractivity contribution in [2.24, 2.45) is 23.7 Å². The van der Waals surface area contributed by atoms with Crippen LogP contribution in [0.15, 0.2) is 0 Å². The highest BCUT2D eigenvalue weighted by atomic mass is 14.2. The molecule has 0 saturated carbocycles. The second-order valence-corrected chi connectivity index (χ2v) is 6.78. The second kappa shape index (κ2) is 10.9. The van der Waals surface area contributed by atoms with Crippen LogP contribution in [-0.2, 0) is 0 Å². The Morgan fingerprint density at radius 1 is 0.556 bits per heavy atom. The lowest BCUT2D eigenvalue weighted by Gasteiger charge is -2.27. The molecule has 0 saturated heterocycles. The molecule has 0 heteroatoms. The van der Waals surface area contributed by atoms with Gasteiger partial charge in [0.1, 0.15) is 0 Å². The predicted molar refractivity (Wildman–Crippen MR) is 84.9 cm³/mol. The molecule has 0 aromatic carbocycles. The van der Waals surface area contributed by atoms with Crippen molar-refractivity contribution in [3.05, 3.63) is 0 Å². The molecular formula is C18H38. The van der Waals surface area contributed by atoms with E-state index < -0.39 is 0 Å². The molecule has 18 heavy (non-hydrogen) atoms. The van der Waals surface area contributed by atoms with Gasteiger partial charge < -0.3 is 0 Å². The Balaban J connectivity index is 3.85. The molecule has 0 aliphatic heterocycles. The highest BCUT2D eigenvalue weighted by Crippen LogP contribution is 2.29. The molecule has 0 aromatic rings. The van der Waals surface area contributed by atoms with E-state index in [0.29, 0.717) is 0 Å². The van der Waals surface area contributed by atoms with E-state index in [9.17, 15) is 0 Å². The van der Waals surface area contributed by atoms with Gasteiger partial charge in [-0.05, 0) is 30.1 Å². The monoisotopic (exact) mass is 254 g/mol. The van der Waals surface area contributed by atoms with Crippen LogP contribution in [0.4, 0.5) is 0 Å². The zero-order valence-electron chi connectivity index (χ0n) is 14.0. The van der Waals surface area contributed by atoms with Crippen LogP contribution in [0.2, 0.25) is 0 Å². The zero-order chi connectivity index (χ0) is 14.0. The van der Waals surface area contributed by atoms with Gasteiger partial charge in [0.15, 0.2) is 0 Å². The topological polar surface area (TPSA) is 0 Å². The highest BCUT2D eigenvalue weighted by molar-refractivity contribution is 4.69. The number of hydrogen-bond acceptors (Lipinski definition) is 0. The van der Waals surface area contributed by atoms with Crippen molar-refractivity contribution in [2.45, 2.75) is 92.9 Å². The molecule has 0 radical (unpaired) electrons. The Morgan fingerprint density at radius 2 is 1.00 bits per heavy atom. The van der Waals surface area contributed by atoms with E-state index in [-0.39, 0.29) is 0 Å². The van der Waals surface area contributed by atoms with Gasteiger partial charge in [0.25, 0.3) is 0 Å². The van der Waals surface area contributed by atoms with Crippen molar-refractivity contribution in [3.63, 3.8) is 0 Å². The molecule has 0 bridgehead atoms. The summed E-state index contributed by atoms with van der Waals surface area (Å²) >= 11 is 0. The van der Waals surface area contributed by atoms with Gasteiger partial charge in [-0.15, -0.1) is 0 Å². The van der Waals surface area contributed by atoms with Crippen molar-refractivity contribution in [3.8, 4) is 0 Å². The summed E-state index contributed by atoms with van der Waals surface area (Å²) in [4.78, 5) is 0. The van der Waals surface area contributed by atoms with Gasteiger partial charge >= 0.3 is 0 Å². The van der Waals surface area contributed by atoms with Crippen LogP contribution < -0.4 is 0 Å². The fraction of sp³-hybridized carbons (Fsp3) is 1.00. The first-order valence-electron chi connectivity index (χ1n) is 8.52. The average molecular weight is 255 g/mol. The normalized spacial score (nSPS) is 18.3. The van der Waals surface area contributed by atoms with E-state index in [1.54, 1.807) is 0 Å². The van der Waals surface area contributed by atoms with E-state index in [2.05, 4.69) is 41.5 Å². The SMILES string of the molecule is CCCCCC(C)C(C)CC(C)C(C)CCCC. The maximum absolute atomic E-state index is 2.47. The molecule has 4 atom stereocenters. The Hall–Kier alpha value is 0. The molecule has 110 valence electrons.